The Morgan fingerprint density at radius 1 is 0.966 bits per heavy atom. The molecule has 2 aromatic rings. The Labute approximate surface area is 173 Å². The molecule has 1 heterocycles. The Kier molecular flexibility index (Phi) is 6.41. The fourth-order valence-electron chi connectivity index (χ4n) is 3.83. The summed E-state index contributed by atoms with van der Waals surface area (Å²) in [7, 11) is -3.69. The SMILES string of the molecule is Cc1cc(C)c(NC(=O)CN2CCCN(Cc3ccccc3C)S2(=O)=O)c(C)c1. The Morgan fingerprint density at radius 2 is 1.59 bits per heavy atom. The van der Waals surface area contributed by atoms with Crippen LogP contribution in [-0.4, -0.2) is 42.6 Å². The predicted molar refractivity (Wildman–Crippen MR) is 116 cm³/mol. The van der Waals surface area contributed by atoms with Gasteiger partial charge >= 0.3 is 0 Å². The van der Waals surface area contributed by atoms with Crippen LogP contribution in [0.2, 0.25) is 0 Å². The summed E-state index contributed by atoms with van der Waals surface area (Å²) >= 11 is 0. The van der Waals surface area contributed by atoms with Crippen molar-refractivity contribution >= 4 is 21.8 Å². The van der Waals surface area contributed by atoms with Crippen LogP contribution >= 0.6 is 0 Å². The minimum absolute atomic E-state index is 0.181. The first kappa shape index (κ1) is 21.5. The number of amides is 1. The lowest BCUT2D eigenvalue weighted by Crippen LogP contribution is -2.51. The molecule has 1 N–H and O–H groups in total. The number of benzene rings is 2. The summed E-state index contributed by atoms with van der Waals surface area (Å²) < 4.78 is 28.9. The maximum absolute atomic E-state index is 13.1. The highest BCUT2D eigenvalue weighted by Crippen LogP contribution is 2.23. The van der Waals surface area contributed by atoms with Gasteiger partial charge in [-0.1, -0.05) is 42.0 Å². The molecular weight excluding hydrogens is 386 g/mol. The highest BCUT2D eigenvalue weighted by atomic mass is 32.2. The summed E-state index contributed by atoms with van der Waals surface area (Å²) in [6.45, 7) is 8.83. The van der Waals surface area contributed by atoms with Gasteiger partial charge in [0.2, 0.25) is 5.91 Å². The summed E-state index contributed by atoms with van der Waals surface area (Å²) in [6.07, 6.45) is 0.695. The van der Waals surface area contributed by atoms with Crippen LogP contribution in [0, 0.1) is 27.7 Å². The monoisotopic (exact) mass is 415 g/mol. The van der Waals surface area contributed by atoms with Gasteiger partial charge in [0.15, 0.2) is 0 Å². The number of hydrogen-bond acceptors (Lipinski definition) is 3. The average Bonchev–Trinajstić information content (AvgIpc) is 2.63. The summed E-state index contributed by atoms with van der Waals surface area (Å²) in [5, 5.41) is 2.90. The number of nitrogens with zero attached hydrogens (tertiary/aromatic N) is 2. The molecule has 0 saturated carbocycles. The van der Waals surface area contributed by atoms with Gasteiger partial charge in [-0.2, -0.15) is 17.0 Å². The molecule has 29 heavy (non-hydrogen) atoms. The molecule has 0 unspecified atom stereocenters. The third-order valence-electron chi connectivity index (χ3n) is 5.34. The minimum Gasteiger partial charge on any atom is -0.324 e. The fourth-order valence-corrected chi connectivity index (χ4v) is 5.46. The van der Waals surface area contributed by atoms with E-state index < -0.39 is 10.2 Å². The highest BCUT2D eigenvalue weighted by Gasteiger charge is 2.35. The largest absolute Gasteiger partial charge is 0.324 e. The van der Waals surface area contributed by atoms with Crippen LogP contribution in [-0.2, 0) is 21.5 Å². The van der Waals surface area contributed by atoms with Crippen molar-refractivity contribution in [3.8, 4) is 0 Å². The quantitative estimate of drug-likeness (QED) is 0.815. The molecule has 2 aromatic carbocycles. The molecule has 0 aromatic heterocycles. The van der Waals surface area contributed by atoms with Crippen molar-refractivity contribution in [3.63, 3.8) is 0 Å². The Bertz CT molecular complexity index is 995. The number of carbonyl (C=O) groups is 1. The summed E-state index contributed by atoms with van der Waals surface area (Å²) in [5.41, 5.74) is 5.86. The second kappa shape index (κ2) is 8.65. The highest BCUT2D eigenvalue weighted by molar-refractivity contribution is 7.86. The van der Waals surface area contributed by atoms with Crippen molar-refractivity contribution < 1.29 is 13.2 Å². The van der Waals surface area contributed by atoms with Gasteiger partial charge < -0.3 is 5.32 Å². The molecule has 156 valence electrons. The van der Waals surface area contributed by atoms with Crippen LogP contribution in [0.3, 0.4) is 0 Å². The summed E-state index contributed by atoms with van der Waals surface area (Å²) in [5.74, 6) is -0.318. The van der Waals surface area contributed by atoms with Crippen molar-refractivity contribution in [2.75, 3.05) is 25.0 Å². The third kappa shape index (κ3) is 4.86. The topological polar surface area (TPSA) is 69.7 Å². The number of carbonyl (C=O) groups excluding carboxylic acids is 1. The van der Waals surface area contributed by atoms with E-state index in [-0.39, 0.29) is 12.5 Å². The average molecular weight is 416 g/mol. The Hall–Kier alpha value is -2.22. The van der Waals surface area contributed by atoms with Crippen LogP contribution in [0.1, 0.15) is 34.2 Å². The van der Waals surface area contributed by atoms with Crippen molar-refractivity contribution in [1.29, 1.82) is 0 Å². The predicted octanol–water partition coefficient (Wildman–Crippen LogP) is 3.31. The van der Waals surface area contributed by atoms with Crippen molar-refractivity contribution in [2.45, 2.75) is 40.7 Å². The van der Waals surface area contributed by atoms with Crippen LogP contribution in [0.15, 0.2) is 36.4 Å². The van der Waals surface area contributed by atoms with Gasteiger partial charge in [0.25, 0.3) is 10.2 Å². The van der Waals surface area contributed by atoms with E-state index >= 15 is 0 Å². The third-order valence-corrected chi connectivity index (χ3v) is 7.27. The van der Waals surface area contributed by atoms with Crippen LogP contribution in [0.4, 0.5) is 5.69 Å². The molecule has 0 bridgehead atoms. The minimum atomic E-state index is -3.69. The molecule has 1 aliphatic rings. The zero-order valence-corrected chi connectivity index (χ0v) is 18.3. The lowest BCUT2D eigenvalue weighted by molar-refractivity contribution is -0.116. The molecule has 0 spiro atoms. The van der Waals surface area contributed by atoms with Gasteiger partial charge in [0.1, 0.15) is 0 Å². The van der Waals surface area contributed by atoms with Crippen molar-refractivity contribution in [2.24, 2.45) is 0 Å². The molecule has 7 heteroatoms. The number of nitrogens with one attached hydrogen (secondary N) is 1. The zero-order valence-electron chi connectivity index (χ0n) is 17.5. The van der Waals surface area contributed by atoms with Gasteiger partial charge in [-0.3, -0.25) is 4.79 Å². The molecule has 0 aliphatic carbocycles. The van der Waals surface area contributed by atoms with E-state index in [1.807, 2.05) is 64.1 Å². The second-order valence-electron chi connectivity index (χ2n) is 7.78. The van der Waals surface area contributed by atoms with Gasteiger partial charge in [-0.15, -0.1) is 0 Å². The number of aryl methyl sites for hydroxylation is 4. The second-order valence-corrected chi connectivity index (χ2v) is 9.71. The van der Waals surface area contributed by atoms with Gasteiger partial charge in [0.05, 0.1) is 6.54 Å². The first-order valence-corrected chi connectivity index (χ1v) is 11.3. The molecule has 1 fully saturated rings. The van der Waals surface area contributed by atoms with Crippen LogP contribution in [0.25, 0.3) is 0 Å². The van der Waals surface area contributed by atoms with E-state index in [1.165, 1.54) is 8.61 Å². The first-order chi connectivity index (χ1) is 13.7. The van der Waals surface area contributed by atoms with E-state index in [1.54, 1.807) is 0 Å². The van der Waals surface area contributed by atoms with E-state index in [4.69, 9.17) is 0 Å². The van der Waals surface area contributed by atoms with Crippen molar-refractivity contribution in [3.05, 3.63) is 64.2 Å². The maximum Gasteiger partial charge on any atom is 0.282 e. The fraction of sp³-hybridized carbons (Fsp3) is 0.409. The van der Waals surface area contributed by atoms with Gasteiger partial charge in [-0.25, -0.2) is 0 Å². The number of hydrogen-bond donors (Lipinski definition) is 1. The van der Waals surface area contributed by atoms with E-state index in [2.05, 4.69) is 5.32 Å². The molecule has 1 aliphatic heterocycles. The molecule has 6 nitrogen and oxygen atoms in total. The molecule has 3 rings (SSSR count). The summed E-state index contributed by atoms with van der Waals surface area (Å²) in [4.78, 5) is 12.6. The molecule has 0 atom stereocenters. The molecule has 0 radical (unpaired) electrons. The lowest BCUT2D eigenvalue weighted by Gasteiger charge is -2.34. The first-order valence-electron chi connectivity index (χ1n) is 9.86. The Balaban J connectivity index is 1.72. The smallest absolute Gasteiger partial charge is 0.282 e. The van der Waals surface area contributed by atoms with E-state index in [9.17, 15) is 13.2 Å². The van der Waals surface area contributed by atoms with Gasteiger partial charge in [0, 0.05) is 25.3 Å². The van der Waals surface area contributed by atoms with Crippen LogP contribution in [0.5, 0.6) is 0 Å². The van der Waals surface area contributed by atoms with Crippen LogP contribution < -0.4 is 5.32 Å². The number of anilines is 1. The lowest BCUT2D eigenvalue weighted by atomic mass is 10.1. The number of rotatable bonds is 5. The summed E-state index contributed by atoms with van der Waals surface area (Å²) in [6, 6.07) is 11.8. The Morgan fingerprint density at radius 3 is 2.24 bits per heavy atom. The van der Waals surface area contributed by atoms with Gasteiger partial charge in [-0.05, 0) is 56.4 Å². The zero-order chi connectivity index (χ0) is 21.2. The standard InChI is InChI=1S/C22H29N3O3S/c1-16-12-18(3)22(19(4)13-16)23-21(26)15-25-11-7-10-24(29(25,27)28)14-20-9-6-5-8-17(20)2/h5-6,8-9,12-13H,7,10-11,14-15H2,1-4H3,(H,23,26). The van der Waals surface area contributed by atoms with E-state index in [0.29, 0.717) is 26.1 Å². The van der Waals surface area contributed by atoms with E-state index in [0.717, 1.165) is 33.5 Å². The molecular formula is C22H29N3O3S. The molecule has 1 amide bonds. The maximum atomic E-state index is 13.1. The molecule has 1 saturated heterocycles. The van der Waals surface area contributed by atoms with Crippen molar-refractivity contribution in [1.82, 2.24) is 8.61 Å². The normalized spacial score (nSPS) is 17.2.